The van der Waals surface area contributed by atoms with Crippen LogP contribution in [-0.4, -0.2) is 4.98 Å². The molecule has 0 aliphatic rings. The van der Waals surface area contributed by atoms with Crippen molar-refractivity contribution in [2.45, 2.75) is 173 Å². The van der Waals surface area contributed by atoms with Gasteiger partial charge in [-0.05, 0) is 205 Å². The molecule has 8 heteroatoms. The van der Waals surface area contributed by atoms with Gasteiger partial charge in [-0.1, -0.05) is 369 Å². The van der Waals surface area contributed by atoms with Gasteiger partial charge in [0.1, 0.15) is 43.3 Å². The van der Waals surface area contributed by atoms with Gasteiger partial charge in [0, 0.05) is 66.3 Å². The minimum atomic E-state index is 1.04. The fourth-order valence-electron chi connectivity index (χ4n) is 17.2. The van der Waals surface area contributed by atoms with Crippen LogP contribution >= 0.6 is 22.7 Å². The van der Waals surface area contributed by atoms with E-state index >= 15 is 0 Å². The molecule has 15 aromatic carbocycles. The third kappa shape index (κ3) is 24.0. The van der Waals surface area contributed by atoms with Crippen molar-refractivity contribution in [2.24, 2.45) is 35.2 Å². The quantitative estimate of drug-likeness (QED) is 0.125. The van der Waals surface area contributed by atoms with Crippen molar-refractivity contribution in [3.63, 3.8) is 0 Å². The Morgan fingerprint density at radius 2 is 0.456 bits per heavy atom. The SMILES string of the molecule is CC.CC.CC.CC.CC.CC.CC.CC.CC.CC.Cc1c(-c2c3cc4ccccc4cc3cc[n+]2C)ccc2ccccc12.Cc1c(-c2c3sc4ccccc4c3cc[n+]2C)ccc2ccccc12.Cc1ccccc1-c1c2cc3ccccc3cc2cc[n+]1C.Cc1ccccc1-c1c2cc3ccccc3cc2nc[n+]1C.Cc1ccccc1-c1c2sc3ccccc3c2cc[n+]1C. The highest BCUT2D eigenvalue weighted by Crippen LogP contribution is 2.43. The van der Waals surface area contributed by atoms with E-state index in [1.54, 1.807) is 0 Å². The number of hydrogen-bond acceptors (Lipinski definition) is 3. The van der Waals surface area contributed by atoms with Gasteiger partial charge in [0.2, 0.25) is 22.8 Å². The average Bonchev–Trinajstić information content (AvgIpc) is 1.52. The Morgan fingerprint density at radius 1 is 0.191 bits per heavy atom. The first-order chi connectivity index (χ1) is 66.7. The van der Waals surface area contributed by atoms with Gasteiger partial charge < -0.3 is 0 Å². The molecule has 0 bridgehead atoms. The van der Waals surface area contributed by atoms with Crippen molar-refractivity contribution < 1.29 is 22.8 Å². The number of nitrogens with zero attached hydrogens (tertiary/aromatic N) is 6. The minimum absolute atomic E-state index is 1.04. The lowest BCUT2D eigenvalue weighted by molar-refractivity contribution is -0.662. The number of pyridine rings is 4. The summed E-state index contributed by atoms with van der Waals surface area (Å²) in [5.41, 5.74) is 20.5. The van der Waals surface area contributed by atoms with Gasteiger partial charge in [0.25, 0.3) is 6.33 Å². The molecule has 0 N–H and O–H groups in total. The van der Waals surface area contributed by atoms with E-state index < -0.39 is 0 Å². The van der Waals surface area contributed by atoms with E-state index in [0.717, 1.165) is 5.52 Å². The van der Waals surface area contributed by atoms with Crippen LogP contribution in [0.25, 0.3) is 183 Å². The first kappa shape index (κ1) is 108. The van der Waals surface area contributed by atoms with E-state index in [1.807, 2.05) is 167 Å². The molecule has 0 aliphatic heterocycles. The van der Waals surface area contributed by atoms with Gasteiger partial charge in [-0.15, -0.1) is 22.7 Å². The van der Waals surface area contributed by atoms with Crippen LogP contribution in [0.15, 0.2) is 359 Å². The monoisotopic (exact) mass is 1830 g/mol. The zero-order valence-electron chi connectivity index (χ0n) is 87.1. The van der Waals surface area contributed by atoms with E-state index in [1.165, 1.54) is 205 Å². The first-order valence-electron chi connectivity index (χ1n) is 49.7. The highest BCUT2D eigenvalue weighted by molar-refractivity contribution is 7.26. The highest BCUT2D eigenvalue weighted by Gasteiger charge is 2.26. The summed E-state index contributed by atoms with van der Waals surface area (Å²) in [7, 11) is 10.6. The van der Waals surface area contributed by atoms with E-state index in [9.17, 15) is 0 Å². The largest absolute Gasteiger partial charge is 0.287 e. The molecule has 0 spiro atoms. The lowest BCUT2D eigenvalue weighted by Crippen LogP contribution is -2.31. The Kier molecular flexibility index (Phi) is 42.9. The van der Waals surface area contributed by atoms with Crippen molar-refractivity contribution in [3.8, 4) is 56.3 Å². The van der Waals surface area contributed by atoms with Gasteiger partial charge in [0.05, 0.1) is 39.9 Å². The molecule has 0 aliphatic carbocycles. The molecule has 0 saturated carbocycles. The molecule has 7 heterocycles. The van der Waals surface area contributed by atoms with Gasteiger partial charge in [-0.25, -0.2) is 13.7 Å². The normalized spacial score (nSPS) is 10.1. The molecule has 7 aromatic heterocycles. The van der Waals surface area contributed by atoms with E-state index in [4.69, 9.17) is 0 Å². The molecule has 22 aromatic rings. The third-order valence-electron chi connectivity index (χ3n) is 23.3. The number of thiophene rings is 2. The van der Waals surface area contributed by atoms with Crippen LogP contribution in [0.1, 0.15) is 166 Å². The lowest BCUT2D eigenvalue weighted by Gasteiger charge is -2.11. The van der Waals surface area contributed by atoms with Gasteiger partial charge in [-0.3, -0.25) is 0 Å². The second-order valence-corrected chi connectivity index (χ2v) is 32.7. The van der Waals surface area contributed by atoms with Crippen molar-refractivity contribution in [3.05, 3.63) is 387 Å². The molecule has 0 saturated heterocycles. The van der Waals surface area contributed by atoms with E-state index in [-0.39, 0.29) is 0 Å². The molecule has 0 amide bonds. The predicted molar refractivity (Wildman–Crippen MR) is 606 cm³/mol. The lowest BCUT2D eigenvalue weighted by atomic mass is 9.94. The van der Waals surface area contributed by atoms with Crippen LogP contribution in [0.3, 0.4) is 0 Å². The summed E-state index contributed by atoms with van der Waals surface area (Å²) < 4.78 is 16.5. The molecular formula is C128H149N6S2+5. The van der Waals surface area contributed by atoms with Gasteiger partial charge in [0.15, 0.2) is 30.3 Å². The zero-order chi connectivity index (χ0) is 99.2. The van der Waals surface area contributed by atoms with Crippen molar-refractivity contribution >= 4 is 149 Å². The van der Waals surface area contributed by atoms with E-state index in [0.29, 0.717) is 0 Å². The number of aromatic nitrogens is 6. The smallest absolute Gasteiger partial charge is 0.232 e. The van der Waals surface area contributed by atoms with E-state index in [2.05, 4.69) is 450 Å². The number of hydrogen-bond donors (Lipinski definition) is 0. The maximum Gasteiger partial charge on any atom is 0.287 e. The zero-order valence-corrected chi connectivity index (χ0v) is 88.7. The molecule has 6 nitrogen and oxygen atoms in total. The summed E-state index contributed by atoms with van der Waals surface area (Å²) in [6.07, 6.45) is 10.6. The van der Waals surface area contributed by atoms with Crippen LogP contribution in [0, 0.1) is 34.6 Å². The van der Waals surface area contributed by atoms with Crippen LogP contribution in [-0.2, 0) is 35.2 Å². The van der Waals surface area contributed by atoms with Gasteiger partial charge >= 0.3 is 0 Å². The molecule has 0 atom stereocenters. The highest BCUT2D eigenvalue weighted by atomic mass is 32.1. The summed E-state index contributed by atoms with van der Waals surface area (Å²) >= 11 is 3.78. The van der Waals surface area contributed by atoms with Crippen LogP contribution in [0.4, 0.5) is 0 Å². The minimum Gasteiger partial charge on any atom is -0.232 e. The van der Waals surface area contributed by atoms with Gasteiger partial charge in [-0.2, -0.15) is 9.13 Å². The number of rotatable bonds is 5. The Morgan fingerprint density at radius 3 is 0.831 bits per heavy atom. The second kappa shape index (κ2) is 54.1. The summed E-state index contributed by atoms with van der Waals surface area (Å²) in [5.74, 6) is 0. The third-order valence-corrected chi connectivity index (χ3v) is 25.7. The molecule has 0 radical (unpaired) electrons. The summed E-state index contributed by atoms with van der Waals surface area (Å²) in [5, 5.41) is 24.6. The molecule has 22 rings (SSSR count). The fourth-order valence-corrected chi connectivity index (χ4v) is 19.8. The summed E-state index contributed by atoms with van der Waals surface area (Å²) in [6.45, 7) is 51.0. The number of benzene rings is 15. The molecular weight excluding hydrogens is 1690 g/mol. The summed E-state index contributed by atoms with van der Waals surface area (Å²) in [4.78, 5) is 4.61. The Labute approximate surface area is 822 Å². The molecule has 0 fully saturated rings. The molecule has 0 unspecified atom stereocenters. The average molecular weight is 1840 g/mol. The van der Waals surface area contributed by atoms with Crippen molar-refractivity contribution in [1.82, 2.24) is 4.98 Å². The molecule has 698 valence electrons. The predicted octanol–water partition coefficient (Wildman–Crippen LogP) is 36.1. The Bertz CT molecular complexity index is 7450. The standard InChI is InChI=1S/C25H20N.C23H18NS.C21H18N.C20H17N2.C19H16NS.10C2H6/c1-17-22-10-6-5-7-18(22)11-12-23(17)25-24-16-20-9-4-3-8-19(20)15-21(24)13-14-26(25)2;1-15-17-8-4-3-7-16(17)11-12-18(15)22-23-20(13-14-24(22)2)19-9-5-6-10-21(19)25-23;1-15-7-3-6-10-19(15)21-20-14-17-9-5-4-8-16(17)13-18(20)11-12-22(21)2;1-14-7-3-6-10-17(14)20-18-11-15-8-4-5-9-16(15)12-19(18)21-13-22(20)2;1-13-7-3-4-8-14(13)18-19-16(11-12-20(18)2)15-9-5-6-10-17(15)21-19;10*1-2/h3-16H,1-2H3;3-14H,1-2H3;3-14H,1-2H3;3-13H,1-2H3;3-12H,1-2H3;10*1-2H3/q5*+1;;;;;;;;;;. The van der Waals surface area contributed by atoms with Crippen LogP contribution in [0.5, 0.6) is 0 Å². The summed E-state index contributed by atoms with van der Waals surface area (Å²) in [6, 6.07) is 117. The Balaban J connectivity index is 0.000000200. The fraction of sp³-hybridized carbons (Fsp3) is 0.234. The van der Waals surface area contributed by atoms with Crippen LogP contribution in [0.2, 0.25) is 0 Å². The first-order valence-corrected chi connectivity index (χ1v) is 51.4. The van der Waals surface area contributed by atoms with Crippen molar-refractivity contribution in [1.29, 1.82) is 0 Å². The molecule has 136 heavy (non-hydrogen) atoms. The van der Waals surface area contributed by atoms with Crippen LogP contribution < -0.4 is 22.8 Å². The second-order valence-electron chi connectivity index (χ2n) is 30.6. The number of aryl methyl sites for hydroxylation is 10. The Hall–Kier alpha value is -13.5. The van der Waals surface area contributed by atoms with Crippen molar-refractivity contribution in [2.75, 3.05) is 0 Å². The maximum absolute atomic E-state index is 4.61. The topological polar surface area (TPSA) is 32.3 Å². The number of fused-ring (bicyclic) bond motifs is 14. The maximum atomic E-state index is 4.61.